The molecule has 1 heterocycles. The Morgan fingerprint density at radius 3 is 2.81 bits per heavy atom. The molecule has 5 nitrogen and oxygen atoms in total. The topological polar surface area (TPSA) is 78.4 Å². The minimum Gasteiger partial charge on any atom is -0.391 e. The van der Waals surface area contributed by atoms with Crippen LogP contribution in [0.25, 0.3) is 0 Å². The van der Waals surface area contributed by atoms with Gasteiger partial charge in [-0.3, -0.25) is 9.59 Å². The number of piperidine rings is 1. The molecule has 1 aliphatic heterocycles. The van der Waals surface area contributed by atoms with Crippen molar-refractivity contribution in [2.75, 3.05) is 13.1 Å². The van der Waals surface area contributed by atoms with Gasteiger partial charge in [-0.25, -0.2) is 0 Å². The van der Waals surface area contributed by atoms with Crippen molar-refractivity contribution in [1.82, 2.24) is 10.6 Å². The molecule has 2 unspecified atom stereocenters. The zero-order valence-corrected chi connectivity index (χ0v) is 9.82. The molecule has 5 heteroatoms. The Morgan fingerprint density at radius 2 is 2.31 bits per heavy atom. The summed E-state index contributed by atoms with van der Waals surface area (Å²) in [4.78, 5) is 22.6. The number of carbonyl (C=O) groups is 2. The van der Waals surface area contributed by atoms with Gasteiger partial charge in [0.25, 0.3) is 0 Å². The number of hydrogen-bond donors (Lipinski definition) is 3. The van der Waals surface area contributed by atoms with Gasteiger partial charge in [-0.1, -0.05) is 13.8 Å². The second-order valence-corrected chi connectivity index (χ2v) is 4.60. The molecule has 92 valence electrons. The fourth-order valence-electron chi connectivity index (χ4n) is 1.54. The van der Waals surface area contributed by atoms with Crippen LogP contribution in [0.1, 0.15) is 26.7 Å². The quantitative estimate of drug-likeness (QED) is 0.615. The van der Waals surface area contributed by atoms with E-state index in [1.807, 2.05) is 13.8 Å². The van der Waals surface area contributed by atoms with Crippen LogP contribution in [-0.4, -0.2) is 36.1 Å². The predicted molar refractivity (Wildman–Crippen MR) is 59.6 cm³/mol. The lowest BCUT2D eigenvalue weighted by molar-refractivity contribution is -0.129. The van der Waals surface area contributed by atoms with Crippen LogP contribution in [0, 0.1) is 11.8 Å². The third kappa shape index (κ3) is 3.81. The van der Waals surface area contributed by atoms with Crippen molar-refractivity contribution in [3.63, 3.8) is 0 Å². The molecule has 2 amide bonds. The van der Waals surface area contributed by atoms with Crippen LogP contribution >= 0.6 is 0 Å². The Hall–Kier alpha value is -1.10. The van der Waals surface area contributed by atoms with Crippen LogP contribution in [0.3, 0.4) is 0 Å². The van der Waals surface area contributed by atoms with E-state index in [9.17, 15) is 14.7 Å². The van der Waals surface area contributed by atoms with Crippen molar-refractivity contribution in [1.29, 1.82) is 0 Å². The Balaban J connectivity index is 2.27. The molecule has 0 aromatic rings. The summed E-state index contributed by atoms with van der Waals surface area (Å²) in [6, 6.07) is 0. The third-order valence-corrected chi connectivity index (χ3v) is 2.89. The van der Waals surface area contributed by atoms with E-state index in [1.165, 1.54) is 0 Å². The lowest BCUT2D eigenvalue weighted by Crippen LogP contribution is -2.45. The molecule has 0 spiro atoms. The van der Waals surface area contributed by atoms with Crippen molar-refractivity contribution < 1.29 is 14.7 Å². The van der Waals surface area contributed by atoms with Gasteiger partial charge in [-0.05, 0) is 12.3 Å². The molecule has 0 bridgehead atoms. The van der Waals surface area contributed by atoms with E-state index < -0.39 is 6.10 Å². The van der Waals surface area contributed by atoms with Crippen molar-refractivity contribution in [2.24, 2.45) is 11.8 Å². The molecule has 16 heavy (non-hydrogen) atoms. The summed E-state index contributed by atoms with van der Waals surface area (Å²) < 4.78 is 0. The van der Waals surface area contributed by atoms with Crippen LogP contribution in [-0.2, 0) is 9.59 Å². The Kier molecular flexibility index (Phi) is 4.73. The zero-order valence-electron chi connectivity index (χ0n) is 9.82. The fourth-order valence-corrected chi connectivity index (χ4v) is 1.54. The summed E-state index contributed by atoms with van der Waals surface area (Å²) in [7, 11) is 0. The van der Waals surface area contributed by atoms with Crippen LogP contribution < -0.4 is 10.6 Å². The average Bonchev–Trinajstić information content (AvgIpc) is 2.26. The Labute approximate surface area is 95.6 Å². The van der Waals surface area contributed by atoms with E-state index in [2.05, 4.69) is 10.6 Å². The highest BCUT2D eigenvalue weighted by molar-refractivity contribution is 5.83. The minimum absolute atomic E-state index is 0.00580. The predicted octanol–water partition coefficient (Wildman–Crippen LogP) is -0.354. The smallest absolute Gasteiger partial charge is 0.224 e. The molecule has 2 atom stereocenters. The van der Waals surface area contributed by atoms with Gasteiger partial charge in [0.05, 0.1) is 12.0 Å². The van der Waals surface area contributed by atoms with Gasteiger partial charge < -0.3 is 15.7 Å². The first kappa shape index (κ1) is 13.0. The molecule has 1 fully saturated rings. The summed E-state index contributed by atoms with van der Waals surface area (Å²) >= 11 is 0. The van der Waals surface area contributed by atoms with Crippen LogP contribution in [0.4, 0.5) is 0 Å². The van der Waals surface area contributed by atoms with Gasteiger partial charge in [-0.15, -0.1) is 0 Å². The highest BCUT2D eigenvalue weighted by Gasteiger charge is 2.24. The van der Waals surface area contributed by atoms with Gasteiger partial charge in [0.1, 0.15) is 0 Å². The number of nitrogens with one attached hydrogen (secondary N) is 2. The van der Waals surface area contributed by atoms with Crippen molar-refractivity contribution in [2.45, 2.75) is 32.8 Å². The standard InChI is InChI=1S/C11H20N2O3/c1-7(2)9(14)6-13-11(16)8-3-4-10(15)12-5-8/h7-9,14H,3-6H2,1-2H3,(H,12,15)(H,13,16). The van der Waals surface area contributed by atoms with Gasteiger partial charge in [0.15, 0.2) is 0 Å². The first-order valence-electron chi connectivity index (χ1n) is 5.73. The monoisotopic (exact) mass is 228 g/mol. The van der Waals surface area contributed by atoms with Gasteiger partial charge in [-0.2, -0.15) is 0 Å². The molecule has 0 saturated carbocycles. The summed E-state index contributed by atoms with van der Waals surface area (Å²) in [5.41, 5.74) is 0. The van der Waals surface area contributed by atoms with Crippen LogP contribution in [0.2, 0.25) is 0 Å². The van der Waals surface area contributed by atoms with Gasteiger partial charge >= 0.3 is 0 Å². The van der Waals surface area contributed by atoms with Crippen molar-refractivity contribution in [3.8, 4) is 0 Å². The zero-order chi connectivity index (χ0) is 12.1. The van der Waals surface area contributed by atoms with E-state index >= 15 is 0 Å². The first-order chi connectivity index (χ1) is 7.50. The number of aliphatic hydroxyl groups excluding tert-OH is 1. The normalized spacial score (nSPS) is 22.8. The molecule has 0 aromatic heterocycles. The first-order valence-corrected chi connectivity index (χ1v) is 5.73. The van der Waals surface area contributed by atoms with Crippen LogP contribution in [0.15, 0.2) is 0 Å². The van der Waals surface area contributed by atoms with E-state index in [-0.39, 0.29) is 30.2 Å². The lowest BCUT2D eigenvalue weighted by Gasteiger charge is -2.23. The molecule has 1 rings (SSSR count). The molecular formula is C11H20N2O3. The fraction of sp³-hybridized carbons (Fsp3) is 0.818. The SMILES string of the molecule is CC(C)C(O)CNC(=O)C1CCC(=O)NC1. The summed E-state index contributed by atoms with van der Waals surface area (Å²) in [5, 5.41) is 14.9. The number of aliphatic hydroxyl groups is 1. The van der Waals surface area contributed by atoms with Crippen LogP contribution in [0.5, 0.6) is 0 Å². The molecule has 3 N–H and O–H groups in total. The highest BCUT2D eigenvalue weighted by Crippen LogP contribution is 2.10. The summed E-state index contributed by atoms with van der Waals surface area (Å²) in [6.07, 6.45) is 0.488. The highest BCUT2D eigenvalue weighted by atomic mass is 16.3. The lowest BCUT2D eigenvalue weighted by atomic mass is 9.98. The molecule has 0 radical (unpaired) electrons. The molecular weight excluding hydrogens is 208 g/mol. The maximum Gasteiger partial charge on any atom is 0.224 e. The van der Waals surface area contributed by atoms with Gasteiger partial charge in [0, 0.05) is 19.5 Å². The van der Waals surface area contributed by atoms with E-state index in [1.54, 1.807) is 0 Å². The molecule has 1 saturated heterocycles. The minimum atomic E-state index is -0.512. The number of hydrogen-bond acceptors (Lipinski definition) is 3. The molecule has 1 aliphatic rings. The summed E-state index contributed by atoms with van der Waals surface area (Å²) in [5.74, 6) is -0.102. The number of rotatable bonds is 4. The van der Waals surface area contributed by atoms with E-state index in [0.29, 0.717) is 19.4 Å². The second-order valence-electron chi connectivity index (χ2n) is 4.60. The number of carbonyl (C=O) groups excluding carboxylic acids is 2. The Morgan fingerprint density at radius 1 is 1.62 bits per heavy atom. The summed E-state index contributed by atoms with van der Waals surface area (Å²) in [6.45, 7) is 4.48. The van der Waals surface area contributed by atoms with Crippen molar-refractivity contribution in [3.05, 3.63) is 0 Å². The maximum atomic E-state index is 11.7. The second kappa shape index (κ2) is 5.84. The molecule has 0 aliphatic carbocycles. The average molecular weight is 228 g/mol. The largest absolute Gasteiger partial charge is 0.391 e. The Bertz CT molecular complexity index is 256. The molecule has 0 aromatic carbocycles. The van der Waals surface area contributed by atoms with E-state index in [0.717, 1.165) is 0 Å². The third-order valence-electron chi connectivity index (χ3n) is 2.89. The number of amides is 2. The van der Waals surface area contributed by atoms with Gasteiger partial charge in [0.2, 0.25) is 11.8 Å². The maximum absolute atomic E-state index is 11.7. The van der Waals surface area contributed by atoms with E-state index in [4.69, 9.17) is 0 Å². The van der Waals surface area contributed by atoms with Crippen molar-refractivity contribution >= 4 is 11.8 Å².